The number of anilines is 1. The van der Waals surface area contributed by atoms with Crippen LogP contribution in [0.15, 0.2) is 29.4 Å². The molecule has 1 aromatic carbocycles. The Labute approximate surface area is 93.3 Å². The Morgan fingerprint density at radius 3 is 2.80 bits per heavy atom. The van der Waals surface area contributed by atoms with Gasteiger partial charge in [-0.05, 0) is 12.3 Å². The standard InChI is InChI=1S/C11H12N3S/c1-14-9(8-6-4-3-5-7-8)10(12)13-11(14)15-2/h3-6H,12H2,1-2H3. The Balaban J connectivity index is 2.58. The van der Waals surface area contributed by atoms with Gasteiger partial charge in [0.25, 0.3) is 0 Å². The normalized spacial score (nSPS) is 10.5. The van der Waals surface area contributed by atoms with Gasteiger partial charge >= 0.3 is 0 Å². The van der Waals surface area contributed by atoms with Crippen LogP contribution >= 0.6 is 11.8 Å². The Bertz CT molecular complexity index is 462. The summed E-state index contributed by atoms with van der Waals surface area (Å²) < 4.78 is 1.99. The number of nitrogens with two attached hydrogens (primary N) is 1. The van der Waals surface area contributed by atoms with E-state index in [9.17, 15) is 0 Å². The van der Waals surface area contributed by atoms with E-state index >= 15 is 0 Å². The van der Waals surface area contributed by atoms with Gasteiger partial charge < -0.3 is 10.3 Å². The Morgan fingerprint density at radius 1 is 1.47 bits per heavy atom. The molecule has 0 aliphatic rings. The summed E-state index contributed by atoms with van der Waals surface area (Å²) in [6, 6.07) is 10.9. The highest BCUT2D eigenvalue weighted by atomic mass is 32.2. The summed E-state index contributed by atoms with van der Waals surface area (Å²) in [4.78, 5) is 4.29. The van der Waals surface area contributed by atoms with Gasteiger partial charge in [0.05, 0.1) is 5.69 Å². The van der Waals surface area contributed by atoms with Crippen LogP contribution in [0.2, 0.25) is 0 Å². The van der Waals surface area contributed by atoms with Crippen molar-refractivity contribution in [2.75, 3.05) is 12.0 Å². The average Bonchev–Trinajstić information content (AvgIpc) is 2.55. The van der Waals surface area contributed by atoms with Gasteiger partial charge in [-0.25, -0.2) is 4.98 Å². The number of aromatic nitrogens is 2. The molecule has 1 heterocycles. The summed E-state index contributed by atoms with van der Waals surface area (Å²) in [7, 11) is 1.96. The van der Waals surface area contributed by atoms with Gasteiger partial charge in [0.2, 0.25) is 0 Å². The number of hydrogen-bond acceptors (Lipinski definition) is 3. The molecule has 0 atom stereocenters. The first-order valence-corrected chi connectivity index (χ1v) is 5.79. The van der Waals surface area contributed by atoms with Crippen LogP contribution in [0, 0.1) is 6.07 Å². The van der Waals surface area contributed by atoms with Crippen molar-refractivity contribution in [3.05, 3.63) is 30.3 Å². The topological polar surface area (TPSA) is 43.8 Å². The first-order chi connectivity index (χ1) is 7.24. The molecular weight excluding hydrogens is 206 g/mol. The van der Waals surface area contributed by atoms with Crippen molar-refractivity contribution in [2.45, 2.75) is 5.16 Å². The fraction of sp³-hybridized carbons (Fsp3) is 0.182. The number of hydrogen-bond donors (Lipinski definition) is 1. The predicted octanol–water partition coefficient (Wildman–Crippen LogP) is 2.19. The second kappa shape index (κ2) is 3.98. The quantitative estimate of drug-likeness (QED) is 0.786. The number of thioether (sulfide) groups is 1. The van der Waals surface area contributed by atoms with Crippen molar-refractivity contribution in [2.24, 2.45) is 7.05 Å². The molecular formula is C11H12N3S. The molecule has 77 valence electrons. The molecule has 0 bridgehead atoms. The molecule has 0 amide bonds. The molecule has 0 saturated heterocycles. The van der Waals surface area contributed by atoms with Crippen LogP contribution in [0.25, 0.3) is 11.3 Å². The van der Waals surface area contributed by atoms with Crippen LogP contribution in [0.3, 0.4) is 0 Å². The zero-order valence-corrected chi connectivity index (χ0v) is 9.51. The Hall–Kier alpha value is -1.42. The summed E-state index contributed by atoms with van der Waals surface area (Å²) >= 11 is 1.58. The molecule has 2 aromatic rings. The van der Waals surface area contributed by atoms with E-state index in [-0.39, 0.29) is 0 Å². The van der Waals surface area contributed by atoms with E-state index in [1.165, 1.54) is 0 Å². The molecule has 0 spiro atoms. The average molecular weight is 218 g/mol. The maximum Gasteiger partial charge on any atom is 0.170 e. The summed E-state index contributed by atoms with van der Waals surface area (Å²) in [5, 5.41) is 0.916. The molecule has 3 nitrogen and oxygen atoms in total. The summed E-state index contributed by atoms with van der Waals surface area (Å²) in [6.45, 7) is 0. The minimum Gasteiger partial charge on any atom is -0.382 e. The molecule has 0 aliphatic heterocycles. The summed E-state index contributed by atoms with van der Waals surface area (Å²) in [6.07, 6.45) is 1.99. The second-order valence-electron chi connectivity index (χ2n) is 3.17. The van der Waals surface area contributed by atoms with E-state index < -0.39 is 0 Å². The van der Waals surface area contributed by atoms with Crippen molar-refractivity contribution < 1.29 is 0 Å². The van der Waals surface area contributed by atoms with E-state index in [0.29, 0.717) is 5.82 Å². The SMILES string of the molecule is CSc1nc(N)c(-c2[c]cccc2)n1C. The van der Waals surface area contributed by atoms with Crippen molar-refractivity contribution >= 4 is 17.6 Å². The molecule has 1 radical (unpaired) electrons. The third-order valence-corrected chi connectivity index (χ3v) is 2.96. The largest absolute Gasteiger partial charge is 0.382 e. The predicted molar refractivity (Wildman–Crippen MR) is 63.7 cm³/mol. The lowest BCUT2D eigenvalue weighted by Gasteiger charge is -2.04. The lowest BCUT2D eigenvalue weighted by atomic mass is 10.1. The Morgan fingerprint density at radius 2 is 2.27 bits per heavy atom. The highest BCUT2D eigenvalue weighted by molar-refractivity contribution is 7.98. The molecule has 4 heteroatoms. The van der Waals surface area contributed by atoms with Crippen LogP contribution in [0.1, 0.15) is 0 Å². The van der Waals surface area contributed by atoms with Gasteiger partial charge in [-0.3, -0.25) is 0 Å². The third kappa shape index (κ3) is 1.72. The van der Waals surface area contributed by atoms with Gasteiger partial charge in [0, 0.05) is 12.6 Å². The van der Waals surface area contributed by atoms with Crippen LogP contribution < -0.4 is 5.73 Å². The third-order valence-electron chi connectivity index (χ3n) is 2.23. The number of nitrogens with zero attached hydrogens (tertiary/aromatic N) is 2. The lowest BCUT2D eigenvalue weighted by Crippen LogP contribution is -1.95. The molecule has 0 saturated carbocycles. The molecule has 0 unspecified atom stereocenters. The highest BCUT2D eigenvalue weighted by Crippen LogP contribution is 2.28. The van der Waals surface area contributed by atoms with Crippen LogP contribution in [-0.4, -0.2) is 15.8 Å². The number of rotatable bonds is 2. The maximum atomic E-state index is 5.88. The van der Waals surface area contributed by atoms with Gasteiger partial charge in [-0.1, -0.05) is 36.0 Å². The van der Waals surface area contributed by atoms with Crippen LogP contribution in [-0.2, 0) is 7.05 Å². The fourth-order valence-electron chi connectivity index (χ4n) is 1.54. The summed E-state index contributed by atoms with van der Waals surface area (Å²) in [5.41, 5.74) is 7.79. The van der Waals surface area contributed by atoms with E-state index in [0.717, 1.165) is 16.4 Å². The molecule has 0 fully saturated rings. The number of benzene rings is 1. The minimum absolute atomic E-state index is 0.560. The van der Waals surface area contributed by atoms with E-state index in [1.807, 2.05) is 42.1 Å². The van der Waals surface area contributed by atoms with Crippen molar-refractivity contribution in [3.8, 4) is 11.3 Å². The Kier molecular flexibility index (Phi) is 2.68. The maximum absolute atomic E-state index is 5.88. The first kappa shape index (κ1) is 10.1. The zero-order chi connectivity index (χ0) is 10.8. The van der Waals surface area contributed by atoms with Crippen LogP contribution in [0.4, 0.5) is 5.82 Å². The lowest BCUT2D eigenvalue weighted by molar-refractivity contribution is 0.798. The van der Waals surface area contributed by atoms with Gasteiger partial charge in [-0.2, -0.15) is 0 Å². The van der Waals surface area contributed by atoms with Gasteiger partial charge in [0.1, 0.15) is 0 Å². The smallest absolute Gasteiger partial charge is 0.170 e. The number of nitrogen functional groups attached to an aromatic ring is 1. The van der Waals surface area contributed by atoms with E-state index in [2.05, 4.69) is 11.1 Å². The highest BCUT2D eigenvalue weighted by Gasteiger charge is 2.12. The molecule has 2 rings (SSSR count). The number of imidazole rings is 1. The second-order valence-corrected chi connectivity index (χ2v) is 3.94. The van der Waals surface area contributed by atoms with Gasteiger partial charge in [-0.15, -0.1) is 0 Å². The van der Waals surface area contributed by atoms with Crippen molar-refractivity contribution in [3.63, 3.8) is 0 Å². The van der Waals surface area contributed by atoms with E-state index in [1.54, 1.807) is 11.8 Å². The zero-order valence-electron chi connectivity index (χ0n) is 8.69. The fourth-order valence-corrected chi connectivity index (χ4v) is 2.10. The first-order valence-electron chi connectivity index (χ1n) is 4.57. The molecule has 15 heavy (non-hydrogen) atoms. The van der Waals surface area contributed by atoms with E-state index in [4.69, 9.17) is 5.73 Å². The van der Waals surface area contributed by atoms with Crippen molar-refractivity contribution in [1.29, 1.82) is 0 Å². The van der Waals surface area contributed by atoms with Crippen molar-refractivity contribution in [1.82, 2.24) is 9.55 Å². The van der Waals surface area contributed by atoms with Gasteiger partial charge in [0.15, 0.2) is 11.0 Å². The summed E-state index contributed by atoms with van der Waals surface area (Å²) in [5.74, 6) is 0.560. The monoisotopic (exact) mass is 218 g/mol. The van der Waals surface area contributed by atoms with Crippen LogP contribution in [0.5, 0.6) is 0 Å². The molecule has 1 aromatic heterocycles. The molecule has 2 N–H and O–H groups in total. The molecule has 0 aliphatic carbocycles. The minimum atomic E-state index is 0.560.